The van der Waals surface area contributed by atoms with Crippen molar-refractivity contribution in [2.75, 3.05) is 6.54 Å². The number of carbonyl (C=O) groups is 1. The zero-order valence-corrected chi connectivity index (χ0v) is 19.2. The van der Waals surface area contributed by atoms with Crippen LogP contribution in [0.15, 0.2) is 65.7 Å². The van der Waals surface area contributed by atoms with Gasteiger partial charge in [0, 0.05) is 35.6 Å². The number of aromatic nitrogens is 1. The number of carbonyl (C=O) groups excluding carboxylic acids is 1. The van der Waals surface area contributed by atoms with Crippen LogP contribution in [0.25, 0.3) is 10.9 Å². The third-order valence-electron chi connectivity index (χ3n) is 6.42. The Kier molecular flexibility index (Phi) is 6.96. The summed E-state index contributed by atoms with van der Waals surface area (Å²) in [6.07, 6.45) is 6.10. The van der Waals surface area contributed by atoms with Crippen molar-refractivity contribution in [2.45, 2.75) is 50.0 Å². The molecule has 1 unspecified atom stereocenters. The van der Waals surface area contributed by atoms with Crippen LogP contribution in [-0.4, -0.2) is 31.9 Å². The summed E-state index contributed by atoms with van der Waals surface area (Å²) in [6, 6.07) is 16.7. The second kappa shape index (κ2) is 9.88. The third-order valence-corrected chi connectivity index (χ3v) is 7.86. The van der Waals surface area contributed by atoms with E-state index in [2.05, 4.69) is 27.2 Å². The second-order valence-corrected chi connectivity index (χ2v) is 10.6. The molecule has 4 rings (SSSR count). The van der Waals surface area contributed by atoms with Gasteiger partial charge in [0.15, 0.2) is 0 Å². The number of fused-ring (bicyclic) bond motifs is 1. The maximum Gasteiger partial charge on any atom is 0.240 e. The first-order chi connectivity index (χ1) is 15.4. The molecule has 1 amide bonds. The topological polar surface area (TPSA) is 91.1 Å². The molecule has 3 aromatic rings. The molecule has 1 saturated carbocycles. The number of para-hydroxylation sites is 1. The predicted octanol–water partition coefficient (Wildman–Crippen LogP) is 4.00. The molecule has 0 radical (unpaired) electrons. The molecule has 1 heterocycles. The van der Waals surface area contributed by atoms with Gasteiger partial charge in [0.25, 0.3) is 0 Å². The van der Waals surface area contributed by atoms with Crippen LogP contribution >= 0.6 is 0 Å². The summed E-state index contributed by atoms with van der Waals surface area (Å²) in [4.78, 5) is 16.4. The van der Waals surface area contributed by atoms with Gasteiger partial charge in [0.05, 0.1) is 4.90 Å². The van der Waals surface area contributed by atoms with Crippen LogP contribution in [-0.2, 0) is 21.2 Å². The second-order valence-electron chi connectivity index (χ2n) is 8.86. The highest BCUT2D eigenvalue weighted by Gasteiger charge is 2.28. The molecule has 170 valence electrons. The Labute approximate surface area is 189 Å². The van der Waals surface area contributed by atoms with Crippen LogP contribution in [0.4, 0.5) is 0 Å². The number of aromatic amines is 1. The minimum atomic E-state index is -3.48. The number of sulfonamides is 1. The van der Waals surface area contributed by atoms with Crippen molar-refractivity contribution in [1.29, 1.82) is 0 Å². The first kappa shape index (κ1) is 22.6. The average Bonchev–Trinajstić information content (AvgIpc) is 3.21. The Morgan fingerprint density at radius 3 is 2.47 bits per heavy atom. The summed E-state index contributed by atoms with van der Waals surface area (Å²) < 4.78 is 27.5. The maximum atomic E-state index is 12.8. The molecule has 2 aromatic carbocycles. The fraction of sp³-hybridized carbons (Fsp3) is 0.400. The highest BCUT2D eigenvalue weighted by atomic mass is 32.2. The summed E-state index contributed by atoms with van der Waals surface area (Å²) in [5.74, 6) is 0.379. The van der Waals surface area contributed by atoms with Crippen LogP contribution in [0.2, 0.25) is 0 Å². The molecule has 7 heteroatoms. The Morgan fingerprint density at radius 2 is 1.72 bits per heavy atom. The van der Waals surface area contributed by atoms with E-state index < -0.39 is 10.0 Å². The van der Waals surface area contributed by atoms with Crippen LogP contribution in [0.3, 0.4) is 0 Å². The van der Waals surface area contributed by atoms with Crippen LogP contribution in [0, 0.1) is 11.8 Å². The lowest BCUT2D eigenvalue weighted by Gasteiger charge is -2.28. The van der Waals surface area contributed by atoms with E-state index in [0.717, 1.165) is 37.6 Å². The molecule has 0 spiro atoms. The minimum Gasteiger partial charge on any atom is -0.361 e. The molecule has 0 saturated heterocycles. The van der Waals surface area contributed by atoms with E-state index in [0.29, 0.717) is 6.54 Å². The summed E-state index contributed by atoms with van der Waals surface area (Å²) in [7, 11) is -3.48. The van der Waals surface area contributed by atoms with Crippen LogP contribution < -0.4 is 10.0 Å². The summed E-state index contributed by atoms with van der Waals surface area (Å²) in [5, 5.41) is 4.38. The van der Waals surface area contributed by atoms with E-state index in [4.69, 9.17) is 0 Å². The van der Waals surface area contributed by atoms with E-state index in [1.807, 2.05) is 25.3 Å². The number of amides is 1. The third kappa shape index (κ3) is 5.40. The fourth-order valence-electron chi connectivity index (χ4n) is 4.58. The lowest BCUT2D eigenvalue weighted by molar-refractivity contribution is -0.126. The van der Waals surface area contributed by atoms with Crippen LogP contribution in [0.5, 0.6) is 0 Å². The molecular formula is C25H31N3O3S. The molecule has 1 aliphatic rings. The summed E-state index contributed by atoms with van der Waals surface area (Å²) >= 11 is 0. The number of H-pyrrole nitrogens is 1. The quantitative estimate of drug-likeness (QED) is 0.481. The van der Waals surface area contributed by atoms with Gasteiger partial charge in [-0.3, -0.25) is 4.79 Å². The van der Waals surface area contributed by atoms with Crippen molar-refractivity contribution in [2.24, 2.45) is 11.8 Å². The fourth-order valence-corrected chi connectivity index (χ4v) is 5.72. The van der Waals surface area contributed by atoms with Crippen molar-refractivity contribution in [3.05, 3.63) is 66.4 Å². The van der Waals surface area contributed by atoms with Crippen molar-refractivity contribution < 1.29 is 13.2 Å². The molecule has 0 aliphatic heterocycles. The van der Waals surface area contributed by atoms with Gasteiger partial charge in [-0.1, -0.05) is 36.4 Å². The number of hydrogen-bond donors (Lipinski definition) is 3. The van der Waals surface area contributed by atoms with Gasteiger partial charge in [-0.15, -0.1) is 0 Å². The molecule has 1 aliphatic carbocycles. The highest BCUT2D eigenvalue weighted by molar-refractivity contribution is 7.89. The average molecular weight is 454 g/mol. The maximum absolute atomic E-state index is 12.8. The molecular weight excluding hydrogens is 422 g/mol. The molecule has 1 atom stereocenters. The van der Waals surface area contributed by atoms with Crippen molar-refractivity contribution in [1.82, 2.24) is 15.0 Å². The van der Waals surface area contributed by atoms with Crippen molar-refractivity contribution in [3.8, 4) is 0 Å². The van der Waals surface area contributed by atoms with E-state index >= 15 is 0 Å². The standard InChI is InChI=1S/C25H31N3O3S/c1-18(15-21-17-26-24-10-6-5-9-23(21)24)28-25(29)20-13-11-19(12-14-20)16-27-32(30,31)22-7-3-2-4-8-22/h2-10,17-20,26-27H,11-16H2,1H3,(H,28,29). The number of rotatable bonds is 8. The molecule has 0 bridgehead atoms. The lowest BCUT2D eigenvalue weighted by Crippen LogP contribution is -2.40. The molecule has 1 fully saturated rings. The first-order valence-corrected chi connectivity index (χ1v) is 12.8. The monoisotopic (exact) mass is 453 g/mol. The van der Waals surface area contributed by atoms with Gasteiger partial charge in [-0.05, 0) is 68.7 Å². The Balaban J connectivity index is 1.23. The molecule has 32 heavy (non-hydrogen) atoms. The summed E-state index contributed by atoms with van der Waals surface area (Å²) in [5.41, 5.74) is 2.32. The normalized spacial score (nSPS) is 20.2. The summed E-state index contributed by atoms with van der Waals surface area (Å²) in [6.45, 7) is 2.46. The van der Waals surface area contributed by atoms with Gasteiger partial charge in [0.2, 0.25) is 15.9 Å². The van der Waals surface area contributed by atoms with E-state index in [-0.39, 0.29) is 28.7 Å². The SMILES string of the molecule is CC(Cc1c[nH]c2ccccc12)NC(=O)C1CCC(CNS(=O)(=O)c2ccccc2)CC1. The molecule has 6 nitrogen and oxygen atoms in total. The number of hydrogen-bond acceptors (Lipinski definition) is 3. The Morgan fingerprint density at radius 1 is 1.03 bits per heavy atom. The molecule has 1 aromatic heterocycles. The number of nitrogens with one attached hydrogen (secondary N) is 3. The zero-order valence-electron chi connectivity index (χ0n) is 18.4. The Hall–Kier alpha value is -2.64. The highest BCUT2D eigenvalue weighted by Crippen LogP contribution is 2.29. The molecule has 3 N–H and O–H groups in total. The number of benzene rings is 2. The van der Waals surface area contributed by atoms with Crippen molar-refractivity contribution >= 4 is 26.8 Å². The van der Waals surface area contributed by atoms with E-state index in [9.17, 15) is 13.2 Å². The first-order valence-electron chi connectivity index (χ1n) is 11.3. The van der Waals surface area contributed by atoms with E-state index in [1.54, 1.807) is 30.3 Å². The van der Waals surface area contributed by atoms with Gasteiger partial charge >= 0.3 is 0 Å². The van der Waals surface area contributed by atoms with Gasteiger partial charge in [0.1, 0.15) is 0 Å². The zero-order chi connectivity index (χ0) is 22.6. The van der Waals surface area contributed by atoms with Crippen molar-refractivity contribution in [3.63, 3.8) is 0 Å². The van der Waals surface area contributed by atoms with E-state index in [1.165, 1.54) is 10.9 Å². The van der Waals surface area contributed by atoms with Gasteiger partial charge in [-0.2, -0.15) is 0 Å². The Bertz CT molecular complexity index is 1150. The van der Waals surface area contributed by atoms with Gasteiger partial charge < -0.3 is 10.3 Å². The smallest absolute Gasteiger partial charge is 0.240 e. The van der Waals surface area contributed by atoms with Crippen LogP contribution in [0.1, 0.15) is 38.2 Å². The van der Waals surface area contributed by atoms with Gasteiger partial charge in [-0.25, -0.2) is 13.1 Å². The predicted molar refractivity (Wildman–Crippen MR) is 127 cm³/mol. The minimum absolute atomic E-state index is 0.00222. The lowest BCUT2D eigenvalue weighted by atomic mass is 9.81. The largest absolute Gasteiger partial charge is 0.361 e.